The second-order valence-electron chi connectivity index (χ2n) is 6.41. The van der Waals surface area contributed by atoms with E-state index in [9.17, 15) is 13.2 Å². The Hall–Kier alpha value is -3.16. The number of benzene rings is 3. The zero-order valence-corrected chi connectivity index (χ0v) is 16.8. The summed E-state index contributed by atoms with van der Waals surface area (Å²) < 4.78 is 31.2. The molecule has 3 rings (SSSR count). The van der Waals surface area contributed by atoms with Gasteiger partial charge in [0.25, 0.3) is 5.91 Å². The normalized spacial score (nSPS) is 11.1. The first-order valence-electron chi connectivity index (χ1n) is 9.05. The van der Waals surface area contributed by atoms with Crippen molar-refractivity contribution in [3.63, 3.8) is 0 Å². The Balaban J connectivity index is 1.59. The Bertz CT molecular complexity index is 1070. The molecule has 0 saturated heterocycles. The van der Waals surface area contributed by atoms with Crippen LogP contribution in [0.5, 0.6) is 11.5 Å². The molecule has 0 unspecified atom stereocenters. The summed E-state index contributed by atoms with van der Waals surface area (Å²) in [6, 6.07) is 23.4. The van der Waals surface area contributed by atoms with Gasteiger partial charge in [-0.1, -0.05) is 48.5 Å². The van der Waals surface area contributed by atoms with E-state index in [2.05, 4.69) is 10.0 Å². The summed E-state index contributed by atoms with van der Waals surface area (Å²) in [7, 11) is -1.92. The van der Waals surface area contributed by atoms with Gasteiger partial charge in [0.05, 0.1) is 5.75 Å². The smallest absolute Gasteiger partial charge is 0.251 e. The molecule has 0 fully saturated rings. The molecule has 0 aliphatic rings. The highest BCUT2D eigenvalue weighted by Crippen LogP contribution is 2.21. The average Bonchev–Trinajstić information content (AvgIpc) is 2.74. The van der Waals surface area contributed by atoms with Crippen molar-refractivity contribution in [3.05, 3.63) is 95.6 Å². The Kier molecular flexibility index (Phi) is 6.64. The minimum atomic E-state index is -3.31. The van der Waals surface area contributed by atoms with E-state index in [0.717, 1.165) is 5.56 Å². The number of ether oxygens (including phenoxy) is 1. The first-order valence-corrected chi connectivity index (χ1v) is 10.7. The van der Waals surface area contributed by atoms with Crippen LogP contribution in [0.1, 0.15) is 21.5 Å². The summed E-state index contributed by atoms with van der Waals surface area (Å²) in [6.45, 7) is 0.335. The lowest BCUT2D eigenvalue weighted by molar-refractivity contribution is 0.0950. The molecule has 0 heterocycles. The molecule has 0 aromatic heterocycles. The van der Waals surface area contributed by atoms with E-state index in [1.165, 1.54) is 7.05 Å². The van der Waals surface area contributed by atoms with Crippen LogP contribution in [0.3, 0.4) is 0 Å². The van der Waals surface area contributed by atoms with E-state index in [4.69, 9.17) is 4.74 Å². The minimum absolute atomic E-state index is 0.0790. The number of hydrogen-bond donors (Lipinski definition) is 2. The molecule has 150 valence electrons. The summed E-state index contributed by atoms with van der Waals surface area (Å²) in [5.74, 6) is 0.986. The molecule has 29 heavy (non-hydrogen) atoms. The molecule has 1 amide bonds. The quantitative estimate of drug-likeness (QED) is 0.596. The van der Waals surface area contributed by atoms with Crippen LogP contribution in [-0.2, 0) is 22.3 Å². The number of rotatable bonds is 8. The highest BCUT2D eigenvalue weighted by Gasteiger charge is 2.10. The van der Waals surface area contributed by atoms with Crippen LogP contribution in [-0.4, -0.2) is 21.4 Å². The van der Waals surface area contributed by atoms with Gasteiger partial charge >= 0.3 is 0 Å². The van der Waals surface area contributed by atoms with Gasteiger partial charge in [-0.2, -0.15) is 0 Å². The molecule has 0 spiro atoms. The van der Waals surface area contributed by atoms with Gasteiger partial charge in [-0.25, -0.2) is 13.1 Å². The molecule has 0 bridgehead atoms. The first kappa shape index (κ1) is 20.6. The average molecular weight is 410 g/mol. The molecule has 3 aromatic rings. The molecule has 0 radical (unpaired) electrons. The number of carbonyl (C=O) groups excluding carboxylic acids is 1. The first-order chi connectivity index (χ1) is 13.9. The van der Waals surface area contributed by atoms with Crippen molar-refractivity contribution in [2.75, 3.05) is 7.05 Å². The number of carbonyl (C=O) groups is 1. The molecule has 2 N–H and O–H groups in total. The second kappa shape index (κ2) is 9.36. The van der Waals surface area contributed by atoms with Crippen molar-refractivity contribution < 1.29 is 17.9 Å². The van der Waals surface area contributed by atoms with Gasteiger partial charge in [-0.05, 0) is 48.5 Å². The van der Waals surface area contributed by atoms with Gasteiger partial charge in [0, 0.05) is 12.1 Å². The molecule has 0 aliphatic heterocycles. The highest BCUT2D eigenvalue weighted by atomic mass is 32.2. The van der Waals surface area contributed by atoms with Crippen LogP contribution in [0.25, 0.3) is 0 Å². The van der Waals surface area contributed by atoms with E-state index in [-0.39, 0.29) is 11.7 Å². The van der Waals surface area contributed by atoms with Gasteiger partial charge in [0.2, 0.25) is 10.0 Å². The zero-order valence-electron chi connectivity index (χ0n) is 16.0. The third kappa shape index (κ3) is 6.17. The molecular formula is C22H22N2O4S. The molecule has 3 aromatic carbocycles. The number of amides is 1. The lowest BCUT2D eigenvalue weighted by Gasteiger charge is -2.09. The second-order valence-corrected chi connectivity index (χ2v) is 8.33. The van der Waals surface area contributed by atoms with E-state index in [1.807, 2.05) is 30.3 Å². The fourth-order valence-electron chi connectivity index (χ4n) is 2.65. The van der Waals surface area contributed by atoms with Crippen molar-refractivity contribution in [2.24, 2.45) is 0 Å². The maximum Gasteiger partial charge on any atom is 0.251 e. The van der Waals surface area contributed by atoms with Crippen molar-refractivity contribution in [3.8, 4) is 11.5 Å². The predicted molar refractivity (Wildman–Crippen MR) is 112 cm³/mol. The predicted octanol–water partition coefficient (Wildman–Crippen LogP) is 3.46. The molecule has 0 saturated carbocycles. The Labute approximate surface area is 170 Å². The van der Waals surface area contributed by atoms with E-state index < -0.39 is 10.0 Å². The summed E-state index contributed by atoms with van der Waals surface area (Å²) >= 11 is 0. The Morgan fingerprint density at radius 1 is 0.862 bits per heavy atom. The number of nitrogens with one attached hydrogen (secondary N) is 2. The Morgan fingerprint density at radius 2 is 1.52 bits per heavy atom. The molecule has 0 aliphatic carbocycles. The van der Waals surface area contributed by atoms with Gasteiger partial charge < -0.3 is 10.1 Å². The summed E-state index contributed by atoms with van der Waals surface area (Å²) in [6.07, 6.45) is 0. The third-order valence-electron chi connectivity index (χ3n) is 4.22. The molecule has 0 atom stereocenters. The van der Waals surface area contributed by atoms with Crippen LogP contribution in [0.4, 0.5) is 0 Å². The van der Waals surface area contributed by atoms with Gasteiger partial charge in [-0.15, -0.1) is 0 Å². The van der Waals surface area contributed by atoms with E-state index in [0.29, 0.717) is 29.2 Å². The molecule has 7 heteroatoms. The van der Waals surface area contributed by atoms with Crippen molar-refractivity contribution in [1.82, 2.24) is 10.0 Å². The molecule has 6 nitrogen and oxygen atoms in total. The maximum atomic E-state index is 12.5. The number of para-hydroxylation sites is 1. The number of sulfonamides is 1. The zero-order chi connectivity index (χ0) is 20.7. The SMILES string of the molecule is CNS(=O)(=O)Cc1ccc(CNC(=O)c2cccc(Oc3ccccc3)c2)cc1. The highest BCUT2D eigenvalue weighted by molar-refractivity contribution is 7.88. The number of hydrogen-bond acceptors (Lipinski definition) is 4. The summed E-state index contributed by atoms with van der Waals surface area (Å²) in [4.78, 5) is 12.5. The van der Waals surface area contributed by atoms with Gasteiger partial charge in [-0.3, -0.25) is 4.79 Å². The largest absolute Gasteiger partial charge is 0.457 e. The minimum Gasteiger partial charge on any atom is -0.457 e. The van der Waals surface area contributed by atoms with Crippen LogP contribution < -0.4 is 14.8 Å². The molecular weight excluding hydrogens is 388 g/mol. The van der Waals surface area contributed by atoms with Crippen molar-refractivity contribution in [2.45, 2.75) is 12.3 Å². The van der Waals surface area contributed by atoms with Crippen molar-refractivity contribution >= 4 is 15.9 Å². The summed E-state index contributed by atoms with van der Waals surface area (Å²) in [5, 5.41) is 2.86. The maximum absolute atomic E-state index is 12.5. The van der Waals surface area contributed by atoms with Gasteiger partial charge in [0.15, 0.2) is 0 Å². The standard InChI is InChI=1S/C22H22N2O4S/c1-23-29(26,27)16-18-12-10-17(11-13-18)15-24-22(25)19-6-5-9-21(14-19)28-20-7-3-2-4-8-20/h2-14,23H,15-16H2,1H3,(H,24,25). The fraction of sp³-hybridized carbons (Fsp3) is 0.136. The van der Waals surface area contributed by atoms with Crippen molar-refractivity contribution in [1.29, 1.82) is 0 Å². The van der Waals surface area contributed by atoms with Crippen LogP contribution in [0, 0.1) is 0 Å². The third-order valence-corrected chi connectivity index (χ3v) is 5.55. The monoisotopic (exact) mass is 410 g/mol. The Morgan fingerprint density at radius 3 is 2.21 bits per heavy atom. The fourth-order valence-corrected chi connectivity index (χ4v) is 3.43. The topological polar surface area (TPSA) is 84.5 Å². The van der Waals surface area contributed by atoms with Gasteiger partial charge in [0.1, 0.15) is 11.5 Å². The van der Waals surface area contributed by atoms with E-state index in [1.54, 1.807) is 48.5 Å². The van der Waals surface area contributed by atoms with Crippen LogP contribution >= 0.6 is 0 Å². The lowest BCUT2D eigenvalue weighted by atomic mass is 10.1. The van der Waals surface area contributed by atoms with E-state index >= 15 is 0 Å². The van der Waals surface area contributed by atoms with Crippen LogP contribution in [0.2, 0.25) is 0 Å². The summed E-state index contributed by atoms with van der Waals surface area (Å²) in [5.41, 5.74) is 2.05. The van der Waals surface area contributed by atoms with Crippen LogP contribution in [0.15, 0.2) is 78.9 Å². The lowest BCUT2D eigenvalue weighted by Crippen LogP contribution is -2.23.